The summed E-state index contributed by atoms with van der Waals surface area (Å²) >= 11 is 12.5. The fourth-order valence-electron chi connectivity index (χ4n) is 5.58. The second-order valence-electron chi connectivity index (χ2n) is 9.14. The van der Waals surface area contributed by atoms with E-state index in [9.17, 15) is 4.79 Å². The van der Waals surface area contributed by atoms with E-state index in [2.05, 4.69) is 47.5 Å². The van der Waals surface area contributed by atoms with Crippen molar-refractivity contribution >= 4 is 46.6 Å². The summed E-state index contributed by atoms with van der Waals surface area (Å²) in [6, 6.07) is 14.6. The minimum atomic E-state index is 0.100. The van der Waals surface area contributed by atoms with Gasteiger partial charge in [-0.3, -0.25) is 4.79 Å². The smallest absolute Gasteiger partial charge is 0.254 e. The van der Waals surface area contributed by atoms with Crippen molar-refractivity contribution in [2.45, 2.75) is 44.7 Å². The topological polar surface area (TPSA) is 35.6 Å². The second-order valence-corrected chi connectivity index (χ2v) is 9.95. The molecule has 2 saturated heterocycles. The van der Waals surface area contributed by atoms with Gasteiger partial charge in [-0.2, -0.15) is 0 Å². The van der Waals surface area contributed by atoms with Crippen LogP contribution in [-0.4, -0.2) is 37.6 Å². The SMILES string of the molecule is CC1CNCCN1c1ccccc1C=C1C(=O)N(c2ccc(Cl)c(Cl)c2)C2CCCCC12. The molecule has 3 aliphatic rings. The zero-order valence-corrected chi connectivity index (χ0v) is 19.9. The lowest BCUT2D eigenvalue weighted by atomic mass is 9.82. The van der Waals surface area contributed by atoms with E-state index in [-0.39, 0.29) is 17.9 Å². The number of carbonyl (C=O) groups is 1. The Kier molecular flexibility index (Phi) is 6.20. The number of nitrogens with zero attached hydrogens (tertiary/aromatic N) is 2. The maximum atomic E-state index is 13.8. The normalized spacial score (nSPS) is 27.2. The fourth-order valence-corrected chi connectivity index (χ4v) is 5.87. The number of piperazine rings is 1. The summed E-state index contributed by atoms with van der Waals surface area (Å²) in [5, 5.41) is 4.46. The summed E-state index contributed by atoms with van der Waals surface area (Å²) in [4.78, 5) is 18.2. The highest BCUT2D eigenvalue weighted by Gasteiger charge is 2.45. The molecule has 0 bridgehead atoms. The van der Waals surface area contributed by atoms with Crippen LogP contribution in [0, 0.1) is 5.92 Å². The molecule has 1 amide bonds. The third kappa shape index (κ3) is 3.93. The van der Waals surface area contributed by atoms with Gasteiger partial charge >= 0.3 is 0 Å². The predicted molar refractivity (Wildman–Crippen MR) is 134 cm³/mol. The Hall–Kier alpha value is -2.01. The van der Waals surface area contributed by atoms with Crippen LogP contribution in [0.1, 0.15) is 38.2 Å². The summed E-state index contributed by atoms with van der Waals surface area (Å²) < 4.78 is 0. The highest BCUT2D eigenvalue weighted by Crippen LogP contribution is 2.44. The first-order valence-electron chi connectivity index (χ1n) is 11.6. The lowest BCUT2D eigenvalue weighted by Gasteiger charge is -2.37. The van der Waals surface area contributed by atoms with E-state index in [0.29, 0.717) is 16.1 Å². The first-order valence-corrected chi connectivity index (χ1v) is 12.4. The van der Waals surface area contributed by atoms with Crippen molar-refractivity contribution in [2.75, 3.05) is 29.4 Å². The zero-order chi connectivity index (χ0) is 22.2. The first kappa shape index (κ1) is 21.8. The summed E-state index contributed by atoms with van der Waals surface area (Å²) in [5.41, 5.74) is 4.11. The van der Waals surface area contributed by atoms with Crippen LogP contribution >= 0.6 is 23.2 Å². The average Bonchev–Trinajstić information content (AvgIpc) is 3.08. The molecule has 3 atom stereocenters. The molecule has 2 heterocycles. The molecule has 0 radical (unpaired) electrons. The van der Waals surface area contributed by atoms with Crippen molar-refractivity contribution in [1.29, 1.82) is 0 Å². The number of para-hydroxylation sites is 1. The third-order valence-electron chi connectivity index (χ3n) is 7.17. The first-order chi connectivity index (χ1) is 15.5. The molecule has 4 nitrogen and oxygen atoms in total. The van der Waals surface area contributed by atoms with Crippen molar-refractivity contribution in [1.82, 2.24) is 5.32 Å². The van der Waals surface area contributed by atoms with E-state index in [4.69, 9.17) is 23.2 Å². The number of anilines is 2. The highest BCUT2D eigenvalue weighted by molar-refractivity contribution is 6.42. The molecule has 0 spiro atoms. The van der Waals surface area contributed by atoms with Gasteiger partial charge in [-0.05, 0) is 55.7 Å². The molecule has 2 aromatic rings. The standard InChI is InChI=1S/C26H29Cl2N3O/c1-17-16-29-12-13-30(17)24-8-4-2-6-18(24)14-21-20-7-3-5-9-25(20)31(26(21)32)19-10-11-22(27)23(28)15-19/h2,4,6,8,10-11,14-15,17,20,25,29H,3,5,7,9,12-13,16H2,1H3. The Labute approximate surface area is 200 Å². The summed E-state index contributed by atoms with van der Waals surface area (Å²) in [7, 11) is 0. The van der Waals surface area contributed by atoms with E-state index >= 15 is 0 Å². The maximum absolute atomic E-state index is 13.8. The number of fused-ring (bicyclic) bond motifs is 1. The quantitative estimate of drug-likeness (QED) is 0.578. The van der Waals surface area contributed by atoms with E-state index in [1.54, 1.807) is 6.07 Å². The summed E-state index contributed by atoms with van der Waals surface area (Å²) in [6.45, 7) is 5.17. The van der Waals surface area contributed by atoms with E-state index in [1.807, 2.05) is 17.0 Å². The minimum absolute atomic E-state index is 0.100. The van der Waals surface area contributed by atoms with Gasteiger partial charge < -0.3 is 15.1 Å². The van der Waals surface area contributed by atoms with Crippen molar-refractivity contribution in [2.24, 2.45) is 5.92 Å². The molecule has 1 aliphatic carbocycles. The van der Waals surface area contributed by atoms with Gasteiger partial charge in [-0.25, -0.2) is 0 Å². The Bertz CT molecular complexity index is 1050. The molecule has 2 aromatic carbocycles. The van der Waals surface area contributed by atoms with Crippen molar-refractivity contribution < 1.29 is 4.79 Å². The van der Waals surface area contributed by atoms with Crippen LogP contribution in [0.4, 0.5) is 11.4 Å². The van der Waals surface area contributed by atoms with Crippen LogP contribution in [0.15, 0.2) is 48.0 Å². The molecule has 6 heteroatoms. The van der Waals surface area contributed by atoms with Crippen LogP contribution in [-0.2, 0) is 4.79 Å². The van der Waals surface area contributed by atoms with Crippen molar-refractivity contribution in [3.8, 4) is 0 Å². The minimum Gasteiger partial charge on any atom is -0.366 e. The second kappa shape index (κ2) is 9.09. The lowest BCUT2D eigenvalue weighted by molar-refractivity contribution is -0.114. The largest absolute Gasteiger partial charge is 0.366 e. The van der Waals surface area contributed by atoms with Crippen LogP contribution in [0.5, 0.6) is 0 Å². The average molecular weight is 470 g/mol. The molecule has 2 aliphatic heterocycles. The Morgan fingerprint density at radius 2 is 1.88 bits per heavy atom. The van der Waals surface area contributed by atoms with Crippen LogP contribution in [0.3, 0.4) is 0 Å². The highest BCUT2D eigenvalue weighted by atomic mass is 35.5. The molecule has 3 unspecified atom stereocenters. The van der Waals surface area contributed by atoms with Gasteiger partial charge in [0.05, 0.1) is 10.0 Å². The molecule has 3 fully saturated rings. The van der Waals surface area contributed by atoms with Crippen LogP contribution in [0.2, 0.25) is 10.0 Å². The number of hydrogen-bond donors (Lipinski definition) is 1. The Balaban J connectivity index is 1.55. The van der Waals surface area contributed by atoms with Crippen molar-refractivity contribution in [3.05, 3.63) is 63.6 Å². The molecular formula is C26H29Cl2N3O. The maximum Gasteiger partial charge on any atom is 0.254 e. The molecule has 0 aromatic heterocycles. The van der Waals surface area contributed by atoms with Gasteiger partial charge in [-0.1, -0.05) is 54.2 Å². The van der Waals surface area contributed by atoms with Gasteiger partial charge in [0, 0.05) is 54.6 Å². The number of nitrogens with one attached hydrogen (secondary N) is 1. The lowest BCUT2D eigenvalue weighted by Crippen LogP contribution is -2.50. The summed E-state index contributed by atoms with van der Waals surface area (Å²) in [5.74, 6) is 0.350. The fraction of sp³-hybridized carbons (Fsp3) is 0.423. The zero-order valence-electron chi connectivity index (χ0n) is 18.4. The predicted octanol–water partition coefficient (Wildman–Crippen LogP) is 5.78. The molecule has 1 saturated carbocycles. The molecular weight excluding hydrogens is 441 g/mol. The van der Waals surface area contributed by atoms with Gasteiger partial charge in [0.15, 0.2) is 0 Å². The number of benzene rings is 2. The van der Waals surface area contributed by atoms with Gasteiger partial charge in [0.25, 0.3) is 5.91 Å². The summed E-state index contributed by atoms with van der Waals surface area (Å²) in [6.07, 6.45) is 6.54. The van der Waals surface area contributed by atoms with Gasteiger partial charge in [0.2, 0.25) is 0 Å². The van der Waals surface area contributed by atoms with Crippen LogP contribution < -0.4 is 15.1 Å². The molecule has 1 N–H and O–H groups in total. The van der Waals surface area contributed by atoms with Gasteiger partial charge in [0.1, 0.15) is 0 Å². The van der Waals surface area contributed by atoms with Crippen molar-refractivity contribution in [3.63, 3.8) is 0 Å². The van der Waals surface area contributed by atoms with Crippen LogP contribution in [0.25, 0.3) is 6.08 Å². The molecule has 32 heavy (non-hydrogen) atoms. The number of halogens is 2. The monoisotopic (exact) mass is 469 g/mol. The Morgan fingerprint density at radius 1 is 1.06 bits per heavy atom. The van der Waals surface area contributed by atoms with Gasteiger partial charge in [-0.15, -0.1) is 0 Å². The number of hydrogen-bond acceptors (Lipinski definition) is 3. The number of amides is 1. The molecule has 168 valence electrons. The third-order valence-corrected chi connectivity index (χ3v) is 7.91. The number of rotatable bonds is 3. The Morgan fingerprint density at radius 3 is 2.69 bits per heavy atom. The molecule has 5 rings (SSSR count). The number of carbonyl (C=O) groups excluding carboxylic acids is 1. The van der Waals surface area contributed by atoms with E-state index in [1.165, 1.54) is 5.69 Å². The van der Waals surface area contributed by atoms with E-state index in [0.717, 1.165) is 62.1 Å². The van der Waals surface area contributed by atoms with E-state index < -0.39 is 0 Å².